The SMILES string of the molecule is COc1ccc(C(CNc2nc3ccccc3nc2C)N2CCOCC2)cc1OC. The van der Waals surface area contributed by atoms with Crippen LogP contribution in [0, 0.1) is 6.92 Å². The minimum atomic E-state index is 0.140. The molecule has 0 radical (unpaired) electrons. The van der Waals surface area contributed by atoms with Crippen LogP contribution in [0.1, 0.15) is 17.3 Å². The van der Waals surface area contributed by atoms with E-state index in [4.69, 9.17) is 24.2 Å². The van der Waals surface area contributed by atoms with Crippen LogP contribution in [-0.4, -0.2) is 61.9 Å². The number of para-hydroxylation sites is 2. The van der Waals surface area contributed by atoms with Crippen LogP contribution in [0.2, 0.25) is 0 Å². The second kappa shape index (κ2) is 9.28. The van der Waals surface area contributed by atoms with E-state index in [9.17, 15) is 0 Å². The van der Waals surface area contributed by atoms with Gasteiger partial charge in [-0.15, -0.1) is 0 Å². The Morgan fingerprint density at radius 1 is 1.00 bits per heavy atom. The van der Waals surface area contributed by atoms with Crippen LogP contribution < -0.4 is 14.8 Å². The molecule has 0 spiro atoms. The number of methoxy groups -OCH3 is 2. The number of nitrogens with one attached hydrogen (secondary N) is 1. The molecule has 1 aliphatic rings. The number of hydrogen-bond donors (Lipinski definition) is 1. The summed E-state index contributed by atoms with van der Waals surface area (Å²) < 4.78 is 16.5. The second-order valence-corrected chi connectivity index (χ2v) is 7.31. The lowest BCUT2D eigenvalue weighted by molar-refractivity contribution is 0.0186. The maximum Gasteiger partial charge on any atom is 0.161 e. The van der Waals surface area contributed by atoms with E-state index in [1.54, 1.807) is 14.2 Å². The number of benzene rings is 2. The van der Waals surface area contributed by atoms with E-state index in [2.05, 4.69) is 22.3 Å². The van der Waals surface area contributed by atoms with Gasteiger partial charge in [0.05, 0.1) is 50.2 Å². The highest BCUT2D eigenvalue weighted by Crippen LogP contribution is 2.32. The van der Waals surface area contributed by atoms with E-state index in [0.717, 1.165) is 65.9 Å². The number of aromatic nitrogens is 2. The molecule has 0 aliphatic carbocycles. The lowest BCUT2D eigenvalue weighted by Gasteiger charge is -2.35. The fourth-order valence-corrected chi connectivity index (χ4v) is 3.86. The van der Waals surface area contributed by atoms with E-state index in [0.29, 0.717) is 6.54 Å². The van der Waals surface area contributed by atoms with Crippen molar-refractivity contribution >= 4 is 16.9 Å². The summed E-state index contributed by atoms with van der Waals surface area (Å²) in [5.74, 6) is 2.27. The summed E-state index contributed by atoms with van der Waals surface area (Å²) >= 11 is 0. The van der Waals surface area contributed by atoms with Crippen molar-refractivity contribution in [3.05, 3.63) is 53.7 Å². The van der Waals surface area contributed by atoms with Crippen molar-refractivity contribution < 1.29 is 14.2 Å². The molecule has 0 saturated carbocycles. The first-order valence-electron chi connectivity index (χ1n) is 10.2. The highest BCUT2D eigenvalue weighted by molar-refractivity contribution is 5.76. The molecule has 1 atom stereocenters. The number of aryl methyl sites for hydroxylation is 1. The van der Waals surface area contributed by atoms with Crippen molar-refractivity contribution in [2.75, 3.05) is 52.4 Å². The minimum absolute atomic E-state index is 0.140. The fourth-order valence-electron chi connectivity index (χ4n) is 3.86. The van der Waals surface area contributed by atoms with Gasteiger partial charge >= 0.3 is 0 Å². The Labute approximate surface area is 177 Å². The Morgan fingerprint density at radius 2 is 1.70 bits per heavy atom. The normalized spacial score (nSPS) is 15.7. The first kappa shape index (κ1) is 20.4. The van der Waals surface area contributed by atoms with E-state index in [1.165, 1.54) is 0 Å². The minimum Gasteiger partial charge on any atom is -0.493 e. The molecule has 0 amide bonds. The van der Waals surface area contributed by atoms with Gasteiger partial charge < -0.3 is 19.5 Å². The number of ether oxygens (including phenoxy) is 3. The predicted molar refractivity (Wildman–Crippen MR) is 117 cm³/mol. The fraction of sp³-hybridized carbons (Fsp3) is 0.391. The Kier molecular flexibility index (Phi) is 6.30. The number of nitrogens with zero attached hydrogens (tertiary/aromatic N) is 3. The van der Waals surface area contributed by atoms with E-state index in [1.807, 2.05) is 37.3 Å². The molecular weight excluding hydrogens is 380 g/mol. The van der Waals surface area contributed by atoms with Crippen LogP contribution >= 0.6 is 0 Å². The maximum absolute atomic E-state index is 5.57. The summed E-state index contributed by atoms with van der Waals surface area (Å²) in [5.41, 5.74) is 3.85. The topological polar surface area (TPSA) is 68.7 Å². The Morgan fingerprint density at radius 3 is 2.40 bits per heavy atom. The molecule has 1 aromatic heterocycles. The van der Waals surface area contributed by atoms with Gasteiger partial charge in [-0.3, -0.25) is 4.90 Å². The lowest BCUT2D eigenvalue weighted by atomic mass is 10.0. The summed E-state index contributed by atoms with van der Waals surface area (Å²) in [5, 5.41) is 3.54. The summed E-state index contributed by atoms with van der Waals surface area (Å²) in [4.78, 5) is 11.9. The zero-order valence-corrected chi connectivity index (χ0v) is 17.7. The zero-order valence-electron chi connectivity index (χ0n) is 17.7. The Bertz CT molecular complexity index is 1000. The van der Waals surface area contributed by atoms with Gasteiger partial charge in [-0.2, -0.15) is 0 Å². The Hall–Kier alpha value is -2.90. The number of morpholine rings is 1. The van der Waals surface area contributed by atoms with E-state index in [-0.39, 0.29) is 6.04 Å². The van der Waals surface area contributed by atoms with Crippen molar-refractivity contribution in [2.24, 2.45) is 0 Å². The number of hydrogen-bond acceptors (Lipinski definition) is 7. The first-order chi connectivity index (χ1) is 14.7. The van der Waals surface area contributed by atoms with Gasteiger partial charge in [0.2, 0.25) is 0 Å². The van der Waals surface area contributed by atoms with Crippen LogP contribution in [0.3, 0.4) is 0 Å². The summed E-state index contributed by atoms with van der Waals surface area (Å²) in [7, 11) is 3.32. The average molecular weight is 409 g/mol. The van der Waals surface area contributed by atoms with Crippen LogP contribution in [0.5, 0.6) is 11.5 Å². The van der Waals surface area contributed by atoms with Gasteiger partial charge in [0, 0.05) is 19.6 Å². The molecule has 1 N–H and O–H groups in total. The van der Waals surface area contributed by atoms with Crippen LogP contribution in [0.4, 0.5) is 5.82 Å². The molecule has 1 unspecified atom stereocenters. The van der Waals surface area contributed by atoms with Crippen molar-refractivity contribution in [1.29, 1.82) is 0 Å². The molecule has 30 heavy (non-hydrogen) atoms. The monoisotopic (exact) mass is 408 g/mol. The van der Waals surface area contributed by atoms with Gasteiger partial charge in [-0.1, -0.05) is 18.2 Å². The largest absolute Gasteiger partial charge is 0.493 e. The molecule has 4 rings (SSSR count). The molecule has 158 valence electrons. The van der Waals surface area contributed by atoms with Gasteiger partial charge in [-0.05, 0) is 36.8 Å². The molecular formula is C23H28N4O3. The van der Waals surface area contributed by atoms with Crippen LogP contribution in [0.15, 0.2) is 42.5 Å². The second-order valence-electron chi connectivity index (χ2n) is 7.31. The van der Waals surface area contributed by atoms with E-state index >= 15 is 0 Å². The molecule has 7 heteroatoms. The summed E-state index contributed by atoms with van der Waals surface area (Å²) in [6.07, 6.45) is 0. The molecule has 7 nitrogen and oxygen atoms in total. The first-order valence-corrected chi connectivity index (χ1v) is 10.2. The summed E-state index contributed by atoms with van der Waals surface area (Å²) in [6.45, 7) is 5.91. The van der Waals surface area contributed by atoms with E-state index < -0.39 is 0 Å². The van der Waals surface area contributed by atoms with Gasteiger partial charge in [0.1, 0.15) is 5.82 Å². The number of rotatable bonds is 7. The van der Waals surface area contributed by atoms with Crippen LogP contribution in [0.25, 0.3) is 11.0 Å². The lowest BCUT2D eigenvalue weighted by Crippen LogP contribution is -2.41. The summed E-state index contributed by atoms with van der Waals surface area (Å²) in [6, 6.07) is 14.2. The van der Waals surface area contributed by atoms with Gasteiger partial charge in [0.15, 0.2) is 11.5 Å². The molecule has 1 fully saturated rings. The molecule has 0 bridgehead atoms. The highest BCUT2D eigenvalue weighted by atomic mass is 16.5. The number of anilines is 1. The molecule has 3 aromatic rings. The van der Waals surface area contributed by atoms with Crippen LogP contribution in [-0.2, 0) is 4.74 Å². The molecule has 1 saturated heterocycles. The smallest absolute Gasteiger partial charge is 0.161 e. The third-order valence-electron chi connectivity index (χ3n) is 5.49. The van der Waals surface area contributed by atoms with Crippen molar-refractivity contribution in [3.8, 4) is 11.5 Å². The van der Waals surface area contributed by atoms with Crippen molar-refractivity contribution in [2.45, 2.75) is 13.0 Å². The maximum atomic E-state index is 5.57. The third kappa shape index (κ3) is 4.32. The standard InChI is InChI=1S/C23H28N4O3/c1-16-23(26-19-7-5-4-6-18(19)25-16)24-15-20(27-10-12-30-13-11-27)17-8-9-21(28-2)22(14-17)29-3/h4-9,14,20H,10-13,15H2,1-3H3,(H,24,26). The quantitative estimate of drug-likeness (QED) is 0.642. The zero-order chi connectivity index (χ0) is 20.9. The molecule has 1 aliphatic heterocycles. The molecule has 2 aromatic carbocycles. The Balaban J connectivity index is 1.61. The van der Waals surface area contributed by atoms with Crippen molar-refractivity contribution in [3.63, 3.8) is 0 Å². The highest BCUT2D eigenvalue weighted by Gasteiger charge is 2.24. The van der Waals surface area contributed by atoms with Gasteiger partial charge in [0.25, 0.3) is 0 Å². The third-order valence-corrected chi connectivity index (χ3v) is 5.49. The molecule has 2 heterocycles. The number of fused-ring (bicyclic) bond motifs is 1. The predicted octanol–water partition coefficient (Wildman–Crippen LogP) is 3.44. The van der Waals surface area contributed by atoms with Gasteiger partial charge in [-0.25, -0.2) is 9.97 Å². The average Bonchev–Trinajstić information content (AvgIpc) is 2.80. The van der Waals surface area contributed by atoms with Crippen molar-refractivity contribution in [1.82, 2.24) is 14.9 Å².